The molecular weight excluding hydrogens is 347 g/mol. The topological polar surface area (TPSA) is 72.1 Å². The van der Waals surface area contributed by atoms with Gasteiger partial charge in [0.1, 0.15) is 11.9 Å². The minimum atomic E-state index is -0.520. The highest BCUT2D eigenvalue weighted by atomic mass is 19.1. The van der Waals surface area contributed by atoms with Gasteiger partial charge in [-0.15, -0.1) is 0 Å². The highest BCUT2D eigenvalue weighted by Gasteiger charge is 2.32. The van der Waals surface area contributed by atoms with Crippen molar-refractivity contribution in [3.63, 3.8) is 0 Å². The minimum Gasteiger partial charge on any atom is -0.337 e. The van der Waals surface area contributed by atoms with E-state index in [1.165, 1.54) is 12.1 Å². The third-order valence-electron chi connectivity index (χ3n) is 4.78. The first-order chi connectivity index (χ1) is 13.2. The van der Waals surface area contributed by atoms with Crippen LogP contribution < -0.4 is 0 Å². The van der Waals surface area contributed by atoms with E-state index in [9.17, 15) is 9.18 Å². The Labute approximate surface area is 156 Å². The fourth-order valence-electron chi connectivity index (χ4n) is 3.39. The summed E-state index contributed by atoms with van der Waals surface area (Å²) in [5.74, 6) is -0.0273. The van der Waals surface area contributed by atoms with Gasteiger partial charge in [-0.3, -0.25) is 9.78 Å². The second-order valence-electron chi connectivity index (χ2n) is 6.54. The lowest BCUT2D eigenvalue weighted by molar-refractivity contribution is 0.0639. The van der Waals surface area contributed by atoms with Crippen LogP contribution in [0.2, 0.25) is 0 Å². The molecule has 0 spiro atoms. The molecule has 3 heterocycles. The first-order valence-electron chi connectivity index (χ1n) is 9.03. The number of pyridine rings is 1. The maximum Gasteiger partial charge on any atom is 0.257 e. The van der Waals surface area contributed by atoms with E-state index >= 15 is 0 Å². The highest BCUT2D eigenvalue weighted by Crippen LogP contribution is 2.32. The fraction of sp³-hybridized carbons (Fsp3) is 0.300. The summed E-state index contributed by atoms with van der Waals surface area (Å²) in [5, 5.41) is 4.05. The Bertz CT molecular complexity index is 928. The molecule has 6 nitrogen and oxygen atoms in total. The molecule has 1 saturated heterocycles. The molecule has 138 valence electrons. The van der Waals surface area contributed by atoms with Crippen molar-refractivity contribution in [1.82, 2.24) is 20.0 Å². The summed E-state index contributed by atoms with van der Waals surface area (Å²) < 4.78 is 19.6. The zero-order valence-corrected chi connectivity index (χ0v) is 14.7. The largest absolute Gasteiger partial charge is 0.337 e. The maximum absolute atomic E-state index is 14.1. The Morgan fingerprint density at radius 1 is 1.11 bits per heavy atom. The number of halogens is 1. The number of carbonyl (C=O) groups excluding carboxylic acids is 1. The molecule has 1 amide bonds. The molecule has 0 N–H and O–H groups in total. The molecule has 0 radical (unpaired) electrons. The summed E-state index contributed by atoms with van der Waals surface area (Å²) in [6.45, 7) is 0.533. The van der Waals surface area contributed by atoms with Crippen molar-refractivity contribution in [2.24, 2.45) is 0 Å². The van der Waals surface area contributed by atoms with E-state index in [1.54, 1.807) is 41.6 Å². The molecule has 0 aliphatic carbocycles. The van der Waals surface area contributed by atoms with E-state index in [0.717, 1.165) is 24.8 Å². The van der Waals surface area contributed by atoms with Crippen LogP contribution in [0.1, 0.15) is 48.0 Å². The first-order valence-corrected chi connectivity index (χ1v) is 9.03. The smallest absolute Gasteiger partial charge is 0.257 e. The molecule has 1 fully saturated rings. The van der Waals surface area contributed by atoms with E-state index in [2.05, 4.69) is 15.1 Å². The molecule has 0 saturated carbocycles. The molecule has 1 unspecified atom stereocenters. The lowest BCUT2D eigenvalue weighted by Gasteiger charge is -2.27. The van der Waals surface area contributed by atoms with Crippen LogP contribution in [-0.4, -0.2) is 32.5 Å². The zero-order chi connectivity index (χ0) is 18.6. The third kappa shape index (κ3) is 3.58. The summed E-state index contributed by atoms with van der Waals surface area (Å²) in [6.07, 6.45) is 6.83. The second-order valence-corrected chi connectivity index (χ2v) is 6.54. The van der Waals surface area contributed by atoms with Crippen LogP contribution in [-0.2, 0) is 0 Å². The average molecular weight is 366 g/mol. The van der Waals surface area contributed by atoms with Crippen molar-refractivity contribution in [1.29, 1.82) is 0 Å². The number of likely N-dealkylation sites (tertiary alicyclic amines) is 1. The number of benzene rings is 1. The van der Waals surface area contributed by atoms with Gasteiger partial charge in [-0.2, -0.15) is 4.98 Å². The number of carbonyl (C=O) groups is 1. The Morgan fingerprint density at radius 2 is 1.93 bits per heavy atom. The first kappa shape index (κ1) is 17.3. The van der Waals surface area contributed by atoms with E-state index < -0.39 is 5.82 Å². The number of amides is 1. The SMILES string of the molecule is O=C(c1ccccc1F)N1CCCCCC1c1nc(-c2ccncc2)no1. The van der Waals surface area contributed by atoms with E-state index in [0.29, 0.717) is 24.7 Å². The normalized spacial score (nSPS) is 17.5. The Kier molecular flexibility index (Phi) is 4.91. The van der Waals surface area contributed by atoms with Gasteiger partial charge in [-0.05, 0) is 37.1 Å². The predicted octanol–water partition coefficient (Wildman–Crippen LogP) is 4.03. The summed E-state index contributed by atoms with van der Waals surface area (Å²) >= 11 is 0. The fourth-order valence-corrected chi connectivity index (χ4v) is 3.39. The van der Waals surface area contributed by atoms with E-state index in [1.807, 2.05) is 0 Å². The second kappa shape index (κ2) is 7.65. The molecule has 27 heavy (non-hydrogen) atoms. The number of nitrogens with zero attached hydrogens (tertiary/aromatic N) is 4. The van der Waals surface area contributed by atoms with Crippen molar-refractivity contribution >= 4 is 5.91 Å². The predicted molar refractivity (Wildman–Crippen MR) is 96.2 cm³/mol. The molecular formula is C20H19FN4O2. The van der Waals surface area contributed by atoms with Crippen LogP contribution in [0.15, 0.2) is 53.3 Å². The molecule has 7 heteroatoms. The quantitative estimate of drug-likeness (QED) is 0.700. The van der Waals surface area contributed by atoms with Gasteiger partial charge in [0.25, 0.3) is 5.91 Å². The third-order valence-corrected chi connectivity index (χ3v) is 4.78. The lowest BCUT2D eigenvalue weighted by Crippen LogP contribution is -2.35. The molecule has 1 aliphatic heterocycles. The van der Waals surface area contributed by atoms with Crippen LogP contribution in [0.5, 0.6) is 0 Å². The summed E-state index contributed by atoms with van der Waals surface area (Å²) in [4.78, 5) is 23.2. The van der Waals surface area contributed by atoms with E-state index in [4.69, 9.17) is 4.52 Å². The monoisotopic (exact) mass is 366 g/mol. The molecule has 3 aromatic rings. The number of hydrogen-bond donors (Lipinski definition) is 0. The summed E-state index contributed by atoms with van der Waals surface area (Å²) in [7, 11) is 0. The van der Waals surface area contributed by atoms with Gasteiger partial charge in [0.15, 0.2) is 0 Å². The number of hydrogen-bond acceptors (Lipinski definition) is 5. The Hall–Kier alpha value is -3.09. The average Bonchev–Trinajstić information content (AvgIpc) is 3.06. The van der Waals surface area contributed by atoms with Crippen molar-refractivity contribution in [2.75, 3.05) is 6.54 Å². The number of aromatic nitrogens is 3. The number of rotatable bonds is 3. The van der Waals surface area contributed by atoms with Crippen molar-refractivity contribution in [3.05, 3.63) is 66.1 Å². The lowest BCUT2D eigenvalue weighted by atomic mass is 10.1. The van der Waals surface area contributed by atoms with Crippen LogP contribution in [0.4, 0.5) is 4.39 Å². The molecule has 1 atom stereocenters. The van der Waals surface area contributed by atoms with Gasteiger partial charge < -0.3 is 9.42 Å². The molecule has 4 rings (SSSR count). The van der Waals surface area contributed by atoms with Gasteiger partial charge in [0.2, 0.25) is 11.7 Å². The molecule has 1 aromatic carbocycles. The van der Waals surface area contributed by atoms with Crippen molar-refractivity contribution < 1.29 is 13.7 Å². The molecule has 1 aliphatic rings. The highest BCUT2D eigenvalue weighted by molar-refractivity contribution is 5.94. The van der Waals surface area contributed by atoms with Crippen LogP contribution in [0, 0.1) is 5.82 Å². The van der Waals surface area contributed by atoms with Gasteiger partial charge in [-0.25, -0.2) is 4.39 Å². The molecule has 0 bridgehead atoms. The minimum absolute atomic E-state index is 0.0678. The van der Waals surface area contributed by atoms with Crippen LogP contribution >= 0.6 is 0 Å². The van der Waals surface area contributed by atoms with Crippen molar-refractivity contribution in [2.45, 2.75) is 31.7 Å². The van der Waals surface area contributed by atoms with Gasteiger partial charge in [0, 0.05) is 24.5 Å². The van der Waals surface area contributed by atoms with Gasteiger partial charge in [0.05, 0.1) is 5.56 Å². The zero-order valence-electron chi connectivity index (χ0n) is 14.7. The van der Waals surface area contributed by atoms with Gasteiger partial charge >= 0.3 is 0 Å². The summed E-state index contributed by atoms with van der Waals surface area (Å²) in [5.41, 5.74) is 0.860. The molecule has 2 aromatic heterocycles. The van der Waals surface area contributed by atoms with Crippen LogP contribution in [0.25, 0.3) is 11.4 Å². The van der Waals surface area contributed by atoms with E-state index in [-0.39, 0.29) is 17.5 Å². The van der Waals surface area contributed by atoms with Crippen LogP contribution in [0.3, 0.4) is 0 Å². The summed E-state index contributed by atoms with van der Waals surface area (Å²) in [6, 6.07) is 9.28. The van der Waals surface area contributed by atoms with Gasteiger partial charge in [-0.1, -0.05) is 30.1 Å². The van der Waals surface area contributed by atoms with Crippen molar-refractivity contribution in [3.8, 4) is 11.4 Å². The standard InChI is InChI=1S/C20H19FN4O2/c21-16-7-4-3-6-15(16)20(26)25-13-5-1-2-8-17(25)19-23-18(24-27-19)14-9-11-22-12-10-14/h3-4,6-7,9-12,17H,1-2,5,8,13H2. The Morgan fingerprint density at radius 3 is 2.74 bits per heavy atom. The maximum atomic E-state index is 14.1. The Balaban J connectivity index is 1.66.